The zero-order chi connectivity index (χ0) is 16.4. The number of nitrogens with zero attached hydrogens (tertiary/aromatic N) is 2. The highest BCUT2D eigenvalue weighted by molar-refractivity contribution is 7.22. The molecular formula is C14H14F3N3O2S. The summed E-state index contributed by atoms with van der Waals surface area (Å²) in [4.78, 5) is 17.2. The Kier molecular flexibility index (Phi) is 4.51. The van der Waals surface area contributed by atoms with Gasteiger partial charge < -0.3 is 4.74 Å². The second kappa shape index (κ2) is 6.42. The maximum atomic E-state index is 12.3. The van der Waals surface area contributed by atoms with E-state index in [1.54, 1.807) is 11.4 Å². The Morgan fingerprint density at radius 2 is 2.09 bits per heavy atom. The lowest BCUT2D eigenvalue weighted by Gasteiger charge is -2.26. The van der Waals surface area contributed by atoms with E-state index in [-0.39, 0.29) is 5.13 Å². The minimum atomic E-state index is -4.92. The Bertz CT molecular complexity index is 711. The van der Waals surface area contributed by atoms with Gasteiger partial charge >= 0.3 is 12.1 Å². The summed E-state index contributed by atoms with van der Waals surface area (Å²) in [6.45, 7) is 3.87. The molecule has 3 rings (SSSR count). The van der Waals surface area contributed by atoms with Crippen LogP contribution in [0.3, 0.4) is 0 Å². The molecule has 0 radical (unpaired) electrons. The van der Waals surface area contributed by atoms with Gasteiger partial charge in [-0.1, -0.05) is 17.4 Å². The van der Waals surface area contributed by atoms with Gasteiger partial charge in [-0.15, -0.1) is 0 Å². The number of alkyl halides is 3. The van der Waals surface area contributed by atoms with Crippen molar-refractivity contribution in [2.45, 2.75) is 12.7 Å². The highest BCUT2D eigenvalue weighted by Crippen LogP contribution is 2.28. The normalized spacial score (nSPS) is 16.7. The number of carbonyl (C=O) groups excluding carboxylic acids is 1. The first-order chi connectivity index (χ1) is 10.9. The van der Waals surface area contributed by atoms with Crippen LogP contribution in [0.5, 0.6) is 0 Å². The molecule has 0 atom stereocenters. The van der Waals surface area contributed by atoms with E-state index in [1.807, 2.05) is 12.1 Å². The number of thiazole rings is 1. The maximum Gasteiger partial charge on any atom is 0.471 e. The van der Waals surface area contributed by atoms with Crippen LogP contribution in [0.15, 0.2) is 18.2 Å². The Labute approximate surface area is 134 Å². The van der Waals surface area contributed by atoms with Crippen molar-refractivity contribution >= 4 is 32.6 Å². The first-order valence-corrected chi connectivity index (χ1v) is 7.81. The summed E-state index contributed by atoms with van der Waals surface area (Å²) in [6.07, 6.45) is -4.92. The Morgan fingerprint density at radius 1 is 1.35 bits per heavy atom. The van der Waals surface area contributed by atoms with E-state index >= 15 is 0 Å². The highest BCUT2D eigenvalue weighted by atomic mass is 32.1. The molecule has 5 nitrogen and oxygen atoms in total. The van der Waals surface area contributed by atoms with Gasteiger partial charge in [0.25, 0.3) is 0 Å². The topological polar surface area (TPSA) is 54.5 Å². The average molecular weight is 345 g/mol. The number of rotatable bonds is 3. The van der Waals surface area contributed by atoms with Crippen molar-refractivity contribution in [1.29, 1.82) is 0 Å². The number of aromatic nitrogens is 1. The molecule has 1 aliphatic heterocycles. The van der Waals surface area contributed by atoms with Crippen LogP contribution in [-0.4, -0.2) is 48.3 Å². The maximum absolute atomic E-state index is 12.3. The predicted octanol–water partition coefficient (Wildman–Crippen LogP) is 2.63. The zero-order valence-electron chi connectivity index (χ0n) is 12.0. The van der Waals surface area contributed by atoms with Gasteiger partial charge in [-0.25, -0.2) is 4.98 Å². The Morgan fingerprint density at radius 3 is 2.78 bits per heavy atom. The van der Waals surface area contributed by atoms with E-state index < -0.39 is 12.1 Å². The summed E-state index contributed by atoms with van der Waals surface area (Å²) >= 11 is 1.03. The third-order valence-corrected chi connectivity index (χ3v) is 4.37. The molecule has 0 aliphatic carbocycles. The van der Waals surface area contributed by atoms with Crippen molar-refractivity contribution in [3.8, 4) is 0 Å². The van der Waals surface area contributed by atoms with E-state index in [0.717, 1.165) is 41.2 Å². The van der Waals surface area contributed by atoms with Crippen molar-refractivity contribution in [3.05, 3.63) is 23.8 Å². The van der Waals surface area contributed by atoms with E-state index in [4.69, 9.17) is 4.74 Å². The van der Waals surface area contributed by atoms with Crippen LogP contribution in [0.2, 0.25) is 0 Å². The number of hydrogen-bond acceptors (Lipinski definition) is 5. The van der Waals surface area contributed by atoms with Gasteiger partial charge in [0.15, 0.2) is 5.13 Å². The number of amides is 1. The fourth-order valence-corrected chi connectivity index (χ4v) is 3.23. The highest BCUT2D eigenvalue weighted by Gasteiger charge is 2.39. The van der Waals surface area contributed by atoms with Gasteiger partial charge in [-0.2, -0.15) is 13.2 Å². The number of hydrogen-bond donors (Lipinski definition) is 1. The van der Waals surface area contributed by atoms with Crippen LogP contribution < -0.4 is 5.32 Å². The van der Waals surface area contributed by atoms with Crippen LogP contribution in [0.1, 0.15) is 5.56 Å². The van der Waals surface area contributed by atoms with E-state index in [2.05, 4.69) is 9.88 Å². The third kappa shape index (κ3) is 3.98. The van der Waals surface area contributed by atoms with E-state index in [1.165, 1.54) is 0 Å². The monoisotopic (exact) mass is 345 g/mol. The second-order valence-corrected chi connectivity index (χ2v) is 6.19. The van der Waals surface area contributed by atoms with Crippen LogP contribution in [0.25, 0.3) is 10.2 Å². The molecule has 1 aromatic carbocycles. The minimum absolute atomic E-state index is 0.0501. The molecule has 23 heavy (non-hydrogen) atoms. The lowest BCUT2D eigenvalue weighted by atomic mass is 10.2. The first-order valence-electron chi connectivity index (χ1n) is 6.99. The first kappa shape index (κ1) is 16.2. The molecule has 1 aliphatic rings. The molecule has 1 fully saturated rings. The van der Waals surface area contributed by atoms with Crippen LogP contribution in [0, 0.1) is 0 Å². The van der Waals surface area contributed by atoms with E-state index in [0.29, 0.717) is 18.7 Å². The molecule has 1 saturated heterocycles. The molecule has 2 heterocycles. The number of fused-ring (bicyclic) bond motifs is 1. The summed E-state index contributed by atoms with van der Waals surface area (Å²) in [5, 5.41) is 1.74. The molecule has 1 N–H and O–H groups in total. The van der Waals surface area contributed by atoms with Gasteiger partial charge in [0, 0.05) is 19.6 Å². The van der Waals surface area contributed by atoms with Crippen LogP contribution >= 0.6 is 11.3 Å². The predicted molar refractivity (Wildman–Crippen MR) is 80.4 cm³/mol. The lowest BCUT2D eigenvalue weighted by molar-refractivity contribution is -0.167. The number of halogens is 3. The molecule has 1 aromatic heterocycles. The van der Waals surface area contributed by atoms with Crippen molar-refractivity contribution in [2.75, 3.05) is 31.6 Å². The van der Waals surface area contributed by atoms with Crippen molar-refractivity contribution in [3.63, 3.8) is 0 Å². The van der Waals surface area contributed by atoms with Crippen molar-refractivity contribution in [2.24, 2.45) is 0 Å². The van der Waals surface area contributed by atoms with Gasteiger partial charge in [-0.05, 0) is 17.7 Å². The van der Waals surface area contributed by atoms with Crippen molar-refractivity contribution < 1.29 is 22.7 Å². The quantitative estimate of drug-likeness (QED) is 0.929. The minimum Gasteiger partial charge on any atom is -0.379 e. The van der Waals surface area contributed by atoms with Crippen LogP contribution in [-0.2, 0) is 16.1 Å². The molecule has 0 bridgehead atoms. The number of carbonyl (C=O) groups is 1. The Balaban J connectivity index is 1.74. The second-order valence-electron chi connectivity index (χ2n) is 5.16. The summed E-state index contributed by atoms with van der Waals surface area (Å²) in [5.41, 5.74) is 1.62. The molecule has 0 saturated carbocycles. The van der Waals surface area contributed by atoms with Gasteiger partial charge in [-0.3, -0.25) is 15.0 Å². The number of morpholine rings is 1. The summed E-state index contributed by atoms with van der Waals surface area (Å²) in [7, 11) is 0. The molecule has 124 valence electrons. The summed E-state index contributed by atoms with van der Waals surface area (Å²) in [6, 6.07) is 5.55. The van der Waals surface area contributed by atoms with Gasteiger partial charge in [0.2, 0.25) is 0 Å². The standard InChI is InChI=1S/C14H14F3N3O2S/c15-14(16,17)12(21)19-13-18-10-2-1-9(7-11(10)23-13)8-20-3-5-22-6-4-20/h1-2,7H,3-6,8H2,(H,18,19,21). The van der Waals surface area contributed by atoms with Crippen molar-refractivity contribution in [1.82, 2.24) is 9.88 Å². The molecular weight excluding hydrogens is 331 g/mol. The molecule has 1 amide bonds. The molecule has 9 heteroatoms. The molecule has 0 spiro atoms. The fourth-order valence-electron chi connectivity index (χ4n) is 2.31. The molecule has 2 aromatic rings. The smallest absolute Gasteiger partial charge is 0.379 e. The number of nitrogens with one attached hydrogen (secondary N) is 1. The fraction of sp³-hybridized carbons (Fsp3) is 0.429. The summed E-state index contributed by atoms with van der Waals surface area (Å²) in [5.74, 6) is -2.01. The average Bonchev–Trinajstić information content (AvgIpc) is 2.89. The number of ether oxygens (including phenoxy) is 1. The lowest BCUT2D eigenvalue weighted by Crippen LogP contribution is -2.35. The third-order valence-electron chi connectivity index (χ3n) is 3.44. The van der Waals surface area contributed by atoms with E-state index in [9.17, 15) is 18.0 Å². The zero-order valence-corrected chi connectivity index (χ0v) is 12.8. The van der Waals surface area contributed by atoms with Gasteiger partial charge in [0.1, 0.15) is 0 Å². The largest absolute Gasteiger partial charge is 0.471 e. The Hall–Kier alpha value is -1.71. The van der Waals surface area contributed by atoms with Gasteiger partial charge in [0.05, 0.1) is 23.4 Å². The number of benzene rings is 1. The molecule has 0 unspecified atom stereocenters. The SMILES string of the molecule is O=C(Nc1nc2ccc(CN3CCOCC3)cc2s1)C(F)(F)F. The number of anilines is 1. The summed E-state index contributed by atoms with van der Waals surface area (Å²) < 4.78 is 42.8. The van der Waals surface area contributed by atoms with Crippen LogP contribution in [0.4, 0.5) is 18.3 Å².